The first-order valence-corrected chi connectivity index (χ1v) is 14.8. The number of aliphatic carboxylic acids is 1. The van der Waals surface area contributed by atoms with E-state index in [0.717, 1.165) is 37.7 Å². The van der Waals surface area contributed by atoms with Crippen molar-refractivity contribution < 1.29 is 42.4 Å². The van der Waals surface area contributed by atoms with Gasteiger partial charge in [0.15, 0.2) is 0 Å². The average Bonchev–Trinajstić information content (AvgIpc) is 3.35. The van der Waals surface area contributed by atoms with Crippen LogP contribution in [0.4, 0.5) is 13.2 Å². The van der Waals surface area contributed by atoms with Crippen LogP contribution in [0.15, 0.2) is 42.5 Å². The van der Waals surface area contributed by atoms with Crippen LogP contribution in [-0.2, 0) is 33.6 Å². The summed E-state index contributed by atoms with van der Waals surface area (Å²) in [6.07, 6.45) is -0.0444. The van der Waals surface area contributed by atoms with Crippen molar-refractivity contribution in [2.45, 2.75) is 96.6 Å². The smallest absolute Gasteiger partial charge is 0.489 e. The predicted octanol–water partition coefficient (Wildman–Crippen LogP) is 5.77. The molecule has 0 saturated carbocycles. The number of esters is 1. The molecule has 8 nitrogen and oxygen atoms in total. The fraction of sp³-hybridized carbons (Fsp3) is 0.545. The minimum absolute atomic E-state index is 0.0760. The first-order chi connectivity index (χ1) is 20.6. The highest BCUT2D eigenvalue weighted by atomic mass is 19.4. The first kappa shape index (κ1) is 36.6. The Hall–Kier alpha value is -3.62. The highest BCUT2D eigenvalue weighted by Gasteiger charge is 2.38. The number of ether oxygens (including phenoxy) is 2. The molecule has 11 heteroatoms. The van der Waals surface area contributed by atoms with Crippen LogP contribution in [0.25, 0.3) is 0 Å². The van der Waals surface area contributed by atoms with Crippen molar-refractivity contribution in [2.75, 3.05) is 13.2 Å². The van der Waals surface area contributed by atoms with E-state index in [1.165, 1.54) is 11.1 Å². The van der Waals surface area contributed by atoms with Crippen molar-refractivity contribution in [3.63, 3.8) is 0 Å². The van der Waals surface area contributed by atoms with Crippen LogP contribution in [0.1, 0.15) is 75.6 Å². The van der Waals surface area contributed by atoms with E-state index in [1.54, 1.807) is 12.1 Å². The molecule has 2 aromatic rings. The van der Waals surface area contributed by atoms with Gasteiger partial charge >= 0.3 is 18.1 Å². The molecule has 1 aliphatic carbocycles. The maximum absolute atomic E-state index is 12.1. The van der Waals surface area contributed by atoms with Crippen molar-refractivity contribution in [3.8, 4) is 11.8 Å². The maximum atomic E-state index is 12.1. The van der Waals surface area contributed by atoms with Crippen molar-refractivity contribution in [3.05, 3.63) is 64.7 Å². The van der Waals surface area contributed by atoms with Gasteiger partial charge in [0.25, 0.3) is 0 Å². The summed E-state index contributed by atoms with van der Waals surface area (Å²) in [6, 6.07) is 16.1. The van der Waals surface area contributed by atoms with Gasteiger partial charge in [0.05, 0.1) is 11.7 Å². The molecule has 1 aliphatic rings. The predicted molar refractivity (Wildman–Crippen MR) is 159 cm³/mol. The summed E-state index contributed by atoms with van der Waals surface area (Å²) >= 11 is 0. The van der Waals surface area contributed by atoms with E-state index in [2.05, 4.69) is 56.4 Å². The normalized spacial score (nSPS) is 14.4. The molecule has 0 bridgehead atoms. The maximum Gasteiger partial charge on any atom is 0.490 e. The molecular formula is C33H43F3N2O6. The molecule has 242 valence electrons. The van der Waals surface area contributed by atoms with E-state index in [9.17, 15) is 28.3 Å². The lowest BCUT2D eigenvalue weighted by Crippen LogP contribution is -2.46. The number of nitriles is 1. The number of hydrogen-bond acceptors (Lipinski definition) is 7. The van der Waals surface area contributed by atoms with Crippen LogP contribution < -0.4 is 10.1 Å². The molecule has 0 amide bonds. The number of alkyl halides is 3. The largest absolute Gasteiger partial charge is 0.490 e. The Balaban J connectivity index is 0.000000860. The van der Waals surface area contributed by atoms with Crippen LogP contribution in [-0.4, -0.2) is 59.2 Å². The lowest BCUT2D eigenvalue weighted by molar-refractivity contribution is -0.192. The average molecular weight is 621 g/mol. The van der Waals surface area contributed by atoms with Crippen molar-refractivity contribution >= 4 is 11.9 Å². The number of carboxylic acids is 1. The van der Waals surface area contributed by atoms with Gasteiger partial charge in [-0.3, -0.25) is 4.79 Å². The Morgan fingerprint density at radius 1 is 1.14 bits per heavy atom. The SMILES string of the molecule is CCCC(C)OC(=O)CCc1ccc(C#N)c(OC[C@H](O)CNC(C)(C)CC2Cc3ccccc3C2)c1.O=C(O)C(F)(F)F. The Bertz CT molecular complexity index is 1250. The summed E-state index contributed by atoms with van der Waals surface area (Å²) in [6.45, 7) is 8.79. The highest BCUT2D eigenvalue weighted by molar-refractivity contribution is 5.73. The van der Waals surface area contributed by atoms with Gasteiger partial charge in [0.1, 0.15) is 24.5 Å². The second kappa shape index (κ2) is 17.0. The topological polar surface area (TPSA) is 129 Å². The van der Waals surface area contributed by atoms with E-state index in [1.807, 2.05) is 13.0 Å². The van der Waals surface area contributed by atoms with Crippen LogP contribution >= 0.6 is 0 Å². The molecule has 0 aliphatic heterocycles. The van der Waals surface area contributed by atoms with Gasteiger partial charge in [-0.15, -0.1) is 0 Å². The quantitative estimate of drug-likeness (QED) is 0.227. The number of carbonyl (C=O) groups is 2. The molecule has 2 atom stereocenters. The molecule has 3 rings (SSSR count). The molecule has 3 N–H and O–H groups in total. The lowest BCUT2D eigenvalue weighted by atomic mass is 9.88. The van der Waals surface area contributed by atoms with Crippen LogP contribution in [0.2, 0.25) is 0 Å². The number of nitrogens with one attached hydrogen (secondary N) is 1. The molecule has 0 heterocycles. The second-order valence-corrected chi connectivity index (χ2v) is 11.8. The van der Waals surface area contributed by atoms with Crippen LogP contribution in [0, 0.1) is 17.2 Å². The number of carbonyl (C=O) groups excluding carboxylic acids is 1. The fourth-order valence-electron chi connectivity index (χ4n) is 5.16. The lowest BCUT2D eigenvalue weighted by Gasteiger charge is -2.30. The Labute approximate surface area is 257 Å². The monoisotopic (exact) mass is 620 g/mol. The number of rotatable bonds is 14. The second-order valence-electron chi connectivity index (χ2n) is 11.8. The summed E-state index contributed by atoms with van der Waals surface area (Å²) in [7, 11) is 0. The summed E-state index contributed by atoms with van der Waals surface area (Å²) in [5, 5.41) is 30.7. The zero-order valence-electron chi connectivity index (χ0n) is 25.7. The first-order valence-electron chi connectivity index (χ1n) is 14.8. The molecule has 1 unspecified atom stereocenters. The number of halogens is 3. The van der Waals surface area contributed by atoms with Crippen molar-refractivity contribution in [1.82, 2.24) is 5.32 Å². The third kappa shape index (κ3) is 12.9. The number of benzene rings is 2. The summed E-state index contributed by atoms with van der Waals surface area (Å²) < 4.78 is 43.0. The number of β-amino-alcohol motifs (C(OH)–C–C–N with tert-alkyl or cyclic N) is 1. The Morgan fingerprint density at radius 2 is 1.75 bits per heavy atom. The minimum Gasteiger partial charge on any atom is -0.489 e. The molecule has 0 aromatic heterocycles. The zero-order chi connectivity index (χ0) is 32.9. The van der Waals surface area contributed by atoms with Crippen LogP contribution in [0.3, 0.4) is 0 Å². The van der Waals surface area contributed by atoms with E-state index < -0.39 is 18.2 Å². The number of aliphatic hydroxyl groups is 1. The molecule has 0 fully saturated rings. The standard InChI is InChI=1S/C31H42N2O4.C2HF3O2/c1-5-8-22(2)37-30(35)14-12-23-11-13-27(19-32)29(17-23)36-21-28(34)20-33-31(3,4)18-24-15-25-9-6-7-10-26(25)16-24;3-2(4,5)1(6)7/h6-7,9-11,13,17,22,24,28,33-34H,5,8,12,14-16,18,20-21H2,1-4H3;(H,6,7)/t22?,28-;/m1./s1. The number of fused-ring (bicyclic) bond motifs is 1. The van der Waals surface area contributed by atoms with Gasteiger partial charge in [0, 0.05) is 18.5 Å². The number of nitrogens with zero attached hydrogens (tertiary/aromatic N) is 1. The molecule has 0 radical (unpaired) electrons. The molecule has 0 saturated heterocycles. The summed E-state index contributed by atoms with van der Waals surface area (Å²) in [5.41, 5.74) is 4.09. The van der Waals surface area contributed by atoms with Gasteiger partial charge in [0.2, 0.25) is 0 Å². The van der Waals surface area contributed by atoms with Crippen LogP contribution in [0.5, 0.6) is 5.75 Å². The fourth-order valence-corrected chi connectivity index (χ4v) is 5.16. The number of aryl methyl sites for hydroxylation is 1. The van der Waals surface area contributed by atoms with Gasteiger partial charge in [-0.05, 0) is 87.6 Å². The zero-order valence-corrected chi connectivity index (χ0v) is 25.7. The van der Waals surface area contributed by atoms with Gasteiger partial charge < -0.3 is 25.0 Å². The third-order valence-electron chi connectivity index (χ3n) is 7.24. The molecule has 0 spiro atoms. The van der Waals surface area contributed by atoms with E-state index in [4.69, 9.17) is 19.4 Å². The highest BCUT2D eigenvalue weighted by Crippen LogP contribution is 2.32. The third-order valence-corrected chi connectivity index (χ3v) is 7.24. The van der Waals surface area contributed by atoms with E-state index in [0.29, 0.717) is 30.2 Å². The Kier molecular flexibility index (Phi) is 14.1. The molecule has 44 heavy (non-hydrogen) atoms. The summed E-state index contributed by atoms with van der Waals surface area (Å²) in [5.74, 6) is -1.96. The molecular weight excluding hydrogens is 577 g/mol. The summed E-state index contributed by atoms with van der Waals surface area (Å²) in [4.78, 5) is 21.0. The number of aliphatic hydroxyl groups excluding tert-OH is 1. The van der Waals surface area contributed by atoms with Crippen molar-refractivity contribution in [1.29, 1.82) is 5.26 Å². The van der Waals surface area contributed by atoms with Gasteiger partial charge in [-0.2, -0.15) is 18.4 Å². The van der Waals surface area contributed by atoms with Crippen molar-refractivity contribution in [2.24, 2.45) is 5.92 Å². The van der Waals surface area contributed by atoms with E-state index in [-0.39, 0.29) is 30.6 Å². The Morgan fingerprint density at radius 3 is 2.30 bits per heavy atom. The minimum atomic E-state index is -5.08. The molecule has 2 aromatic carbocycles. The van der Waals surface area contributed by atoms with E-state index >= 15 is 0 Å². The van der Waals surface area contributed by atoms with Gasteiger partial charge in [-0.25, -0.2) is 4.79 Å². The number of carboxylic acid groups (broad SMARTS) is 1. The number of hydrogen-bond donors (Lipinski definition) is 3. The van der Waals surface area contributed by atoms with Gasteiger partial charge in [-0.1, -0.05) is 43.7 Å².